The van der Waals surface area contributed by atoms with E-state index in [0.717, 1.165) is 22.7 Å². The van der Waals surface area contributed by atoms with Gasteiger partial charge in [0.25, 0.3) is 0 Å². The smallest absolute Gasteiger partial charge is 0.0547 e. The first kappa shape index (κ1) is 34.1. The van der Waals surface area contributed by atoms with Crippen molar-refractivity contribution in [1.29, 1.82) is 0 Å². The molecule has 0 saturated heterocycles. The SMILES string of the molecule is c1ccc(-n2c3cc4ccccc4cc3c3c(-c4cccc(N(c5ccc(-c6cccc7ccccc67)cc5)c5cc6ccccc6c6ccccc56)c4)cccc32)cc1. The number of hydrogen-bond donors (Lipinski definition) is 0. The van der Waals surface area contributed by atoms with E-state index in [1.165, 1.54) is 87.1 Å². The molecular weight excluding hydrogens is 725 g/mol. The zero-order valence-corrected chi connectivity index (χ0v) is 32.8. The number of benzene rings is 11. The van der Waals surface area contributed by atoms with Crippen molar-refractivity contribution in [2.75, 3.05) is 4.90 Å². The summed E-state index contributed by atoms with van der Waals surface area (Å²) in [7, 11) is 0. The second-order valence-corrected chi connectivity index (χ2v) is 15.7. The fraction of sp³-hybridized carbons (Fsp3) is 0. The minimum atomic E-state index is 1.10. The van der Waals surface area contributed by atoms with E-state index in [4.69, 9.17) is 0 Å². The Balaban J connectivity index is 1.09. The summed E-state index contributed by atoms with van der Waals surface area (Å²) in [5.41, 5.74) is 11.7. The first-order valence-electron chi connectivity index (χ1n) is 20.7. The van der Waals surface area contributed by atoms with Crippen molar-refractivity contribution in [3.63, 3.8) is 0 Å². The molecular formula is C58H38N2. The molecule has 0 amide bonds. The zero-order chi connectivity index (χ0) is 39.6. The molecule has 0 radical (unpaired) electrons. The molecule has 12 rings (SSSR count). The summed E-state index contributed by atoms with van der Waals surface area (Å²) in [6.45, 7) is 0. The summed E-state index contributed by atoms with van der Waals surface area (Å²) in [4.78, 5) is 2.45. The molecule has 11 aromatic carbocycles. The van der Waals surface area contributed by atoms with Crippen LogP contribution in [0, 0.1) is 0 Å². The number of fused-ring (bicyclic) bond motifs is 8. The molecule has 0 unspecified atom stereocenters. The van der Waals surface area contributed by atoms with Crippen LogP contribution in [0.25, 0.3) is 92.8 Å². The molecule has 0 saturated carbocycles. The fourth-order valence-electron chi connectivity index (χ4n) is 9.58. The number of aromatic nitrogens is 1. The van der Waals surface area contributed by atoms with Crippen LogP contribution in [-0.4, -0.2) is 4.57 Å². The van der Waals surface area contributed by atoms with Gasteiger partial charge in [0.05, 0.1) is 16.7 Å². The lowest BCUT2D eigenvalue weighted by molar-refractivity contribution is 1.18. The highest BCUT2D eigenvalue weighted by Crippen LogP contribution is 2.45. The van der Waals surface area contributed by atoms with Crippen LogP contribution in [0.15, 0.2) is 231 Å². The summed E-state index contributed by atoms with van der Waals surface area (Å²) in [6, 6.07) is 84.4. The van der Waals surface area contributed by atoms with E-state index >= 15 is 0 Å². The summed E-state index contributed by atoms with van der Waals surface area (Å²) >= 11 is 0. The minimum absolute atomic E-state index is 1.10. The van der Waals surface area contributed by atoms with Gasteiger partial charge in [-0.3, -0.25) is 0 Å². The molecule has 0 bridgehead atoms. The maximum absolute atomic E-state index is 2.45. The van der Waals surface area contributed by atoms with Crippen LogP contribution in [0.1, 0.15) is 0 Å². The van der Waals surface area contributed by atoms with E-state index in [0.29, 0.717) is 0 Å². The predicted octanol–water partition coefficient (Wildman–Crippen LogP) is 16.2. The monoisotopic (exact) mass is 762 g/mol. The second-order valence-electron chi connectivity index (χ2n) is 15.7. The normalized spacial score (nSPS) is 11.7. The van der Waals surface area contributed by atoms with Crippen molar-refractivity contribution >= 4 is 82.0 Å². The van der Waals surface area contributed by atoms with E-state index in [1.807, 2.05) is 0 Å². The van der Waals surface area contributed by atoms with Crippen molar-refractivity contribution < 1.29 is 0 Å². The van der Waals surface area contributed by atoms with Crippen LogP contribution >= 0.6 is 0 Å². The summed E-state index contributed by atoms with van der Waals surface area (Å²) < 4.78 is 2.43. The van der Waals surface area contributed by atoms with E-state index in [9.17, 15) is 0 Å². The van der Waals surface area contributed by atoms with Crippen molar-refractivity contribution in [3.8, 4) is 27.9 Å². The van der Waals surface area contributed by atoms with Crippen LogP contribution in [0.3, 0.4) is 0 Å². The lowest BCUT2D eigenvalue weighted by Gasteiger charge is -2.28. The van der Waals surface area contributed by atoms with E-state index in [1.54, 1.807) is 0 Å². The lowest BCUT2D eigenvalue weighted by atomic mass is 9.96. The number of rotatable bonds is 6. The van der Waals surface area contributed by atoms with Gasteiger partial charge in [0, 0.05) is 33.2 Å². The van der Waals surface area contributed by atoms with Crippen LogP contribution in [0.5, 0.6) is 0 Å². The van der Waals surface area contributed by atoms with Gasteiger partial charge < -0.3 is 9.47 Å². The maximum atomic E-state index is 2.45. The molecule has 2 heteroatoms. The van der Waals surface area contributed by atoms with Gasteiger partial charge >= 0.3 is 0 Å². The molecule has 0 N–H and O–H groups in total. The van der Waals surface area contributed by atoms with Gasteiger partial charge in [0.1, 0.15) is 0 Å². The van der Waals surface area contributed by atoms with Gasteiger partial charge in [0.2, 0.25) is 0 Å². The zero-order valence-electron chi connectivity index (χ0n) is 32.8. The van der Waals surface area contributed by atoms with Crippen molar-refractivity contribution in [3.05, 3.63) is 231 Å². The van der Waals surface area contributed by atoms with E-state index in [-0.39, 0.29) is 0 Å². The Bertz CT molecular complexity index is 3590. The Morgan fingerprint density at radius 3 is 1.73 bits per heavy atom. The average molecular weight is 763 g/mol. The third-order valence-electron chi connectivity index (χ3n) is 12.3. The molecule has 0 atom stereocenters. The van der Waals surface area contributed by atoms with Crippen molar-refractivity contribution in [1.82, 2.24) is 4.57 Å². The molecule has 0 spiro atoms. The Morgan fingerprint density at radius 1 is 0.300 bits per heavy atom. The molecule has 1 heterocycles. The van der Waals surface area contributed by atoms with Crippen molar-refractivity contribution in [2.24, 2.45) is 0 Å². The first-order valence-corrected chi connectivity index (χ1v) is 20.7. The average Bonchev–Trinajstić information content (AvgIpc) is 3.64. The summed E-state index contributed by atoms with van der Waals surface area (Å²) in [5.74, 6) is 0. The number of para-hydroxylation sites is 1. The molecule has 0 aliphatic carbocycles. The van der Waals surface area contributed by atoms with Crippen LogP contribution in [0.4, 0.5) is 17.1 Å². The topological polar surface area (TPSA) is 8.17 Å². The standard InChI is InChI=1S/C58H38N2/c1-2-21-45(22-3-1)60-55-30-14-29-51(58(55)54-36-41-16-4-5-17-42(41)37-57(54)60)43-20-12-23-47(35-43)59(56-38-44-18-7-9-25-50(44)52-26-10-11-27-53(52)56)46-33-31-40(32-34-46)49-28-13-19-39-15-6-8-24-48(39)49/h1-38H. The maximum Gasteiger partial charge on any atom is 0.0547 e. The third-order valence-corrected chi connectivity index (χ3v) is 12.3. The number of anilines is 3. The van der Waals surface area contributed by atoms with Crippen LogP contribution in [-0.2, 0) is 0 Å². The Morgan fingerprint density at radius 2 is 0.917 bits per heavy atom. The highest BCUT2D eigenvalue weighted by molar-refractivity contribution is 6.19. The van der Waals surface area contributed by atoms with Gasteiger partial charge in [0.15, 0.2) is 0 Å². The molecule has 2 nitrogen and oxygen atoms in total. The lowest BCUT2D eigenvalue weighted by Crippen LogP contribution is -2.11. The van der Waals surface area contributed by atoms with E-state index < -0.39 is 0 Å². The van der Waals surface area contributed by atoms with Crippen molar-refractivity contribution in [2.45, 2.75) is 0 Å². The fourth-order valence-corrected chi connectivity index (χ4v) is 9.58. The molecule has 280 valence electrons. The predicted molar refractivity (Wildman–Crippen MR) is 256 cm³/mol. The highest BCUT2D eigenvalue weighted by Gasteiger charge is 2.21. The van der Waals surface area contributed by atoms with Gasteiger partial charge in [-0.1, -0.05) is 170 Å². The van der Waals surface area contributed by atoms with Crippen LogP contribution < -0.4 is 4.90 Å². The first-order chi connectivity index (χ1) is 29.8. The molecule has 0 aliphatic heterocycles. The molecule has 0 aliphatic rings. The quantitative estimate of drug-likeness (QED) is 0.153. The molecule has 0 fully saturated rings. The number of nitrogens with zero attached hydrogens (tertiary/aromatic N) is 2. The van der Waals surface area contributed by atoms with E-state index in [2.05, 4.69) is 240 Å². The minimum Gasteiger partial charge on any atom is -0.310 e. The summed E-state index contributed by atoms with van der Waals surface area (Å²) in [6.07, 6.45) is 0. The summed E-state index contributed by atoms with van der Waals surface area (Å²) in [5, 5.41) is 12.4. The Kier molecular flexibility index (Phi) is 7.89. The second kappa shape index (κ2) is 13.9. The largest absolute Gasteiger partial charge is 0.310 e. The molecule has 60 heavy (non-hydrogen) atoms. The third kappa shape index (κ3) is 5.50. The molecule has 12 aromatic rings. The van der Waals surface area contributed by atoms with Crippen LogP contribution in [0.2, 0.25) is 0 Å². The van der Waals surface area contributed by atoms with Gasteiger partial charge in [-0.2, -0.15) is 0 Å². The number of hydrogen-bond acceptors (Lipinski definition) is 1. The Hall–Kier alpha value is -7.94. The molecule has 1 aromatic heterocycles. The van der Waals surface area contributed by atoms with Gasteiger partial charge in [-0.15, -0.1) is 0 Å². The highest BCUT2D eigenvalue weighted by atomic mass is 15.1. The van der Waals surface area contributed by atoms with Gasteiger partial charge in [-0.05, 0) is 121 Å². The van der Waals surface area contributed by atoms with Gasteiger partial charge in [-0.25, -0.2) is 0 Å². The Labute approximate surface area is 348 Å².